The van der Waals surface area contributed by atoms with Gasteiger partial charge in [-0.15, -0.1) is 0 Å². The third-order valence-corrected chi connectivity index (χ3v) is 2.86. The standard InChI is InChI=1S/C11H21NO2/c1-9(2)10(11(13)14-3)12-7-5-4-6-8-12/h9-10H,4-8H2,1-3H3/t10-/m1/s1. The monoisotopic (exact) mass is 199 g/mol. The van der Waals surface area contributed by atoms with E-state index in [1.807, 2.05) is 0 Å². The number of ether oxygens (including phenoxy) is 1. The van der Waals surface area contributed by atoms with Crippen LogP contribution in [0.4, 0.5) is 0 Å². The lowest BCUT2D eigenvalue weighted by molar-refractivity contribution is -0.149. The van der Waals surface area contributed by atoms with Gasteiger partial charge in [-0.25, -0.2) is 0 Å². The largest absolute Gasteiger partial charge is 0.468 e. The number of hydrogen-bond acceptors (Lipinski definition) is 3. The fourth-order valence-corrected chi connectivity index (χ4v) is 2.16. The molecule has 0 bridgehead atoms. The fourth-order valence-electron chi connectivity index (χ4n) is 2.16. The van der Waals surface area contributed by atoms with E-state index in [1.165, 1.54) is 26.4 Å². The molecule has 3 nitrogen and oxygen atoms in total. The van der Waals surface area contributed by atoms with Crippen molar-refractivity contribution < 1.29 is 9.53 Å². The molecule has 0 amide bonds. The average molecular weight is 199 g/mol. The van der Waals surface area contributed by atoms with Crippen LogP contribution in [-0.2, 0) is 9.53 Å². The predicted molar refractivity (Wildman–Crippen MR) is 56.1 cm³/mol. The molecule has 3 heteroatoms. The van der Waals surface area contributed by atoms with E-state index in [4.69, 9.17) is 4.74 Å². The van der Waals surface area contributed by atoms with Crippen LogP contribution in [0.3, 0.4) is 0 Å². The number of esters is 1. The van der Waals surface area contributed by atoms with Crippen molar-refractivity contribution in [1.29, 1.82) is 0 Å². The molecule has 0 aromatic carbocycles. The van der Waals surface area contributed by atoms with Crippen molar-refractivity contribution in [2.45, 2.75) is 39.2 Å². The minimum absolute atomic E-state index is 0.0414. The first kappa shape index (κ1) is 11.5. The fraction of sp³-hybridized carbons (Fsp3) is 0.909. The van der Waals surface area contributed by atoms with Crippen molar-refractivity contribution >= 4 is 5.97 Å². The Labute approximate surface area is 86.4 Å². The van der Waals surface area contributed by atoms with Gasteiger partial charge >= 0.3 is 5.97 Å². The van der Waals surface area contributed by atoms with E-state index in [0.717, 1.165) is 13.1 Å². The maximum atomic E-state index is 11.6. The Bertz CT molecular complexity index is 186. The molecule has 1 rings (SSSR count). The summed E-state index contributed by atoms with van der Waals surface area (Å²) in [5.41, 5.74) is 0. The molecule has 1 fully saturated rings. The second kappa shape index (κ2) is 5.35. The molecule has 0 aromatic rings. The highest BCUT2D eigenvalue weighted by atomic mass is 16.5. The minimum atomic E-state index is -0.0816. The molecule has 14 heavy (non-hydrogen) atoms. The highest BCUT2D eigenvalue weighted by Gasteiger charge is 2.30. The number of hydrogen-bond donors (Lipinski definition) is 0. The highest BCUT2D eigenvalue weighted by Crippen LogP contribution is 2.18. The van der Waals surface area contributed by atoms with Crippen molar-refractivity contribution in [3.05, 3.63) is 0 Å². The van der Waals surface area contributed by atoms with E-state index in [2.05, 4.69) is 18.7 Å². The number of methoxy groups -OCH3 is 1. The van der Waals surface area contributed by atoms with Crippen molar-refractivity contribution in [3.8, 4) is 0 Å². The van der Waals surface area contributed by atoms with E-state index in [1.54, 1.807) is 0 Å². The van der Waals surface area contributed by atoms with E-state index in [-0.39, 0.29) is 12.0 Å². The van der Waals surface area contributed by atoms with E-state index >= 15 is 0 Å². The lowest BCUT2D eigenvalue weighted by atomic mass is 9.99. The van der Waals surface area contributed by atoms with Gasteiger partial charge in [-0.1, -0.05) is 20.3 Å². The molecule has 82 valence electrons. The van der Waals surface area contributed by atoms with Gasteiger partial charge in [-0.3, -0.25) is 9.69 Å². The Morgan fingerprint density at radius 2 is 1.79 bits per heavy atom. The normalized spacial score (nSPS) is 20.9. The topological polar surface area (TPSA) is 29.5 Å². The zero-order valence-electron chi connectivity index (χ0n) is 9.45. The molecular formula is C11H21NO2. The molecule has 0 radical (unpaired) electrons. The quantitative estimate of drug-likeness (QED) is 0.648. The van der Waals surface area contributed by atoms with Crippen LogP contribution in [-0.4, -0.2) is 37.1 Å². The van der Waals surface area contributed by atoms with Gasteiger partial charge in [0.2, 0.25) is 0 Å². The zero-order chi connectivity index (χ0) is 10.6. The second-order valence-corrected chi connectivity index (χ2v) is 4.31. The van der Waals surface area contributed by atoms with Crippen LogP contribution in [0.2, 0.25) is 0 Å². The molecule has 1 saturated heterocycles. The first-order valence-corrected chi connectivity index (χ1v) is 5.48. The number of carbonyl (C=O) groups excluding carboxylic acids is 1. The van der Waals surface area contributed by atoms with Gasteiger partial charge in [0.05, 0.1) is 7.11 Å². The summed E-state index contributed by atoms with van der Waals surface area (Å²) in [6.07, 6.45) is 3.71. The summed E-state index contributed by atoms with van der Waals surface area (Å²) in [6.45, 7) is 6.24. The van der Waals surface area contributed by atoms with Gasteiger partial charge < -0.3 is 4.74 Å². The molecule has 0 saturated carbocycles. The summed E-state index contributed by atoms with van der Waals surface area (Å²) >= 11 is 0. The van der Waals surface area contributed by atoms with Crippen molar-refractivity contribution in [3.63, 3.8) is 0 Å². The van der Waals surface area contributed by atoms with Gasteiger partial charge in [0, 0.05) is 0 Å². The summed E-state index contributed by atoms with van der Waals surface area (Å²) in [5.74, 6) is 0.252. The van der Waals surface area contributed by atoms with Gasteiger partial charge in [0.1, 0.15) is 6.04 Å². The Kier molecular flexibility index (Phi) is 4.39. The molecule has 0 unspecified atom stereocenters. The predicted octanol–water partition coefficient (Wildman–Crippen LogP) is 1.67. The van der Waals surface area contributed by atoms with Crippen LogP contribution < -0.4 is 0 Å². The van der Waals surface area contributed by atoms with Crippen LogP contribution in [0, 0.1) is 5.92 Å². The zero-order valence-corrected chi connectivity index (χ0v) is 9.45. The van der Waals surface area contributed by atoms with Crippen LogP contribution in [0.25, 0.3) is 0 Å². The van der Waals surface area contributed by atoms with Crippen LogP contribution in [0.1, 0.15) is 33.1 Å². The lowest BCUT2D eigenvalue weighted by Crippen LogP contribution is -2.47. The number of nitrogens with zero attached hydrogens (tertiary/aromatic N) is 1. The Balaban J connectivity index is 2.60. The summed E-state index contributed by atoms with van der Waals surface area (Å²) in [6, 6.07) is -0.0414. The Morgan fingerprint density at radius 1 is 1.21 bits per heavy atom. The van der Waals surface area contributed by atoms with Gasteiger partial charge in [0.15, 0.2) is 0 Å². The number of carbonyl (C=O) groups is 1. The highest BCUT2D eigenvalue weighted by molar-refractivity contribution is 5.75. The van der Waals surface area contributed by atoms with Crippen molar-refractivity contribution in [2.75, 3.05) is 20.2 Å². The van der Waals surface area contributed by atoms with Crippen LogP contribution >= 0.6 is 0 Å². The van der Waals surface area contributed by atoms with E-state index in [0.29, 0.717) is 5.92 Å². The van der Waals surface area contributed by atoms with Crippen molar-refractivity contribution in [2.24, 2.45) is 5.92 Å². The van der Waals surface area contributed by atoms with Gasteiger partial charge in [0.25, 0.3) is 0 Å². The Morgan fingerprint density at radius 3 is 2.21 bits per heavy atom. The number of rotatable bonds is 3. The number of likely N-dealkylation sites (tertiary alicyclic amines) is 1. The lowest BCUT2D eigenvalue weighted by Gasteiger charge is -2.34. The van der Waals surface area contributed by atoms with Gasteiger partial charge in [-0.2, -0.15) is 0 Å². The molecule has 1 atom stereocenters. The number of piperidine rings is 1. The summed E-state index contributed by atoms with van der Waals surface area (Å²) in [4.78, 5) is 13.9. The first-order chi connectivity index (χ1) is 6.66. The Hall–Kier alpha value is -0.570. The maximum absolute atomic E-state index is 11.6. The SMILES string of the molecule is COC(=O)[C@@H](C(C)C)N1CCCCC1. The van der Waals surface area contributed by atoms with Crippen LogP contribution in [0.15, 0.2) is 0 Å². The smallest absolute Gasteiger partial charge is 0.323 e. The molecule has 0 spiro atoms. The summed E-state index contributed by atoms with van der Waals surface area (Å²) in [7, 11) is 1.47. The molecule has 1 heterocycles. The first-order valence-electron chi connectivity index (χ1n) is 5.48. The molecule has 0 N–H and O–H groups in total. The summed E-state index contributed by atoms with van der Waals surface area (Å²) in [5, 5.41) is 0. The van der Waals surface area contributed by atoms with Crippen molar-refractivity contribution in [1.82, 2.24) is 4.90 Å². The second-order valence-electron chi connectivity index (χ2n) is 4.31. The third-order valence-electron chi connectivity index (χ3n) is 2.86. The molecule has 1 aliphatic rings. The van der Waals surface area contributed by atoms with Gasteiger partial charge in [-0.05, 0) is 31.8 Å². The van der Waals surface area contributed by atoms with Crippen LogP contribution in [0.5, 0.6) is 0 Å². The minimum Gasteiger partial charge on any atom is -0.468 e. The van der Waals surface area contributed by atoms with E-state index < -0.39 is 0 Å². The molecule has 0 aromatic heterocycles. The molecule has 1 aliphatic heterocycles. The maximum Gasteiger partial charge on any atom is 0.323 e. The molecular weight excluding hydrogens is 178 g/mol. The van der Waals surface area contributed by atoms with E-state index in [9.17, 15) is 4.79 Å². The summed E-state index contributed by atoms with van der Waals surface area (Å²) < 4.78 is 4.85. The third kappa shape index (κ3) is 2.71. The molecule has 0 aliphatic carbocycles. The average Bonchev–Trinajstić information content (AvgIpc) is 2.19.